The van der Waals surface area contributed by atoms with E-state index in [0.29, 0.717) is 0 Å². The van der Waals surface area contributed by atoms with E-state index in [-0.39, 0.29) is 0 Å². The van der Waals surface area contributed by atoms with Crippen LogP contribution in [0.4, 0.5) is 0 Å². The van der Waals surface area contributed by atoms with Gasteiger partial charge in [0.15, 0.2) is 0 Å². The highest BCUT2D eigenvalue weighted by Gasteiger charge is 1.81. The summed E-state index contributed by atoms with van der Waals surface area (Å²) in [5.41, 5.74) is 1.37. The molecule has 0 aliphatic carbocycles. The van der Waals surface area contributed by atoms with Gasteiger partial charge in [-0.25, -0.2) is 0 Å². The molecule has 0 heterocycles. The molecule has 0 bridgehead atoms. The molecule has 1 aromatic carbocycles. The second-order valence-electron chi connectivity index (χ2n) is 1.54. The predicted octanol–water partition coefficient (Wildman–Crippen LogP) is 2.42. The van der Waals surface area contributed by atoms with E-state index < -0.39 is 0 Å². The van der Waals surface area contributed by atoms with E-state index in [1.807, 2.05) is 12.1 Å². The van der Waals surface area contributed by atoms with Crippen LogP contribution in [0.15, 0.2) is 24.3 Å². The van der Waals surface area contributed by atoms with Gasteiger partial charge in [-0.15, -0.1) is 0 Å². The summed E-state index contributed by atoms with van der Waals surface area (Å²) in [4.78, 5) is 0. The fourth-order valence-corrected chi connectivity index (χ4v) is 1.02. The van der Waals surface area contributed by atoms with E-state index in [1.54, 1.807) is 0 Å². The predicted molar refractivity (Wildman–Crippen MR) is 43.0 cm³/mol. The minimum atomic E-state index is 1.09. The molecule has 1 heteroatoms. The number of hydrogen-bond donors (Lipinski definition) is 0. The minimum Gasteiger partial charge on any atom is -0.0812 e. The van der Waals surface area contributed by atoms with Crippen LogP contribution in [0.3, 0.4) is 0 Å². The lowest BCUT2D eigenvalue weighted by atomic mass is 10.2. The first-order valence-electron chi connectivity index (χ1n) is 2.44. The van der Waals surface area contributed by atoms with Crippen LogP contribution in [0.2, 0.25) is 0 Å². The quantitative estimate of drug-likeness (QED) is 0.500. The van der Waals surface area contributed by atoms with Gasteiger partial charge in [0.2, 0.25) is 0 Å². The van der Waals surface area contributed by atoms with Crippen molar-refractivity contribution in [3.63, 3.8) is 0 Å². The minimum absolute atomic E-state index is 1.09. The van der Waals surface area contributed by atoms with Crippen LogP contribution in [0.5, 0.6) is 0 Å². The van der Waals surface area contributed by atoms with Crippen LogP contribution in [-0.4, -0.2) is 0 Å². The lowest BCUT2D eigenvalue weighted by Crippen LogP contribution is -1.70. The molecule has 0 saturated carbocycles. The molecule has 0 nitrogen and oxygen atoms in total. The van der Waals surface area contributed by atoms with E-state index in [2.05, 4.69) is 40.8 Å². The zero-order valence-electron chi connectivity index (χ0n) is 4.39. The van der Waals surface area contributed by atoms with Gasteiger partial charge >= 0.3 is 0 Å². The Labute approximate surface area is 63.1 Å². The topological polar surface area (TPSA) is 0 Å². The van der Waals surface area contributed by atoms with Crippen molar-refractivity contribution in [2.75, 3.05) is 0 Å². The number of benzene rings is 1. The van der Waals surface area contributed by atoms with Crippen LogP contribution < -0.4 is 0 Å². The number of halogens is 1. The molecule has 8 heavy (non-hydrogen) atoms. The number of rotatable bonds is 1. The van der Waals surface area contributed by atoms with E-state index in [9.17, 15) is 0 Å². The van der Waals surface area contributed by atoms with E-state index in [4.69, 9.17) is 0 Å². The van der Waals surface area contributed by atoms with Crippen molar-refractivity contribution in [2.24, 2.45) is 0 Å². The third-order valence-corrected chi connectivity index (χ3v) is 1.82. The smallest absolute Gasteiger partial charge is 0.0247 e. The average molecular weight is 217 g/mol. The fraction of sp³-hybridized carbons (Fsp3) is 0.143. The van der Waals surface area contributed by atoms with E-state index in [1.165, 1.54) is 5.56 Å². The van der Waals surface area contributed by atoms with Crippen LogP contribution in [0.25, 0.3) is 0 Å². The average Bonchev–Trinajstić information content (AvgIpc) is 1.90. The van der Waals surface area contributed by atoms with Crippen LogP contribution >= 0.6 is 22.6 Å². The summed E-state index contributed by atoms with van der Waals surface area (Å²) in [6.45, 7) is 0. The molecule has 41 valence electrons. The highest BCUT2D eigenvalue weighted by Crippen LogP contribution is 2.02. The highest BCUT2D eigenvalue weighted by atomic mass is 127. The maximum atomic E-state index is 2.96. The Morgan fingerprint density at radius 2 is 2.00 bits per heavy atom. The Bertz CT molecular complexity index is 146. The Kier molecular flexibility index (Phi) is 2.33. The van der Waals surface area contributed by atoms with Gasteiger partial charge in [-0.05, 0) is 11.6 Å². The van der Waals surface area contributed by atoms with E-state index >= 15 is 0 Å². The Morgan fingerprint density at radius 3 is 2.38 bits per heavy atom. The first-order valence-corrected chi connectivity index (χ1v) is 3.97. The molecule has 1 aromatic rings. The summed E-state index contributed by atoms with van der Waals surface area (Å²) in [6.07, 6.45) is 0. The first-order chi connectivity index (χ1) is 3.93. The molecule has 0 N–H and O–H groups in total. The fourth-order valence-electron chi connectivity index (χ4n) is 0.510. The number of alkyl halides is 1. The molecule has 1 rings (SSSR count). The molecule has 0 saturated heterocycles. The van der Waals surface area contributed by atoms with Crippen molar-refractivity contribution < 1.29 is 0 Å². The van der Waals surface area contributed by atoms with Gasteiger partial charge in [0.1, 0.15) is 0 Å². The standard InChI is InChI=1S/C7H6I/c8-6-7-4-2-1-3-5-7/h2-5H,6H2. The van der Waals surface area contributed by atoms with Gasteiger partial charge in [0, 0.05) is 4.43 Å². The van der Waals surface area contributed by atoms with Gasteiger partial charge in [0.25, 0.3) is 0 Å². The summed E-state index contributed by atoms with van der Waals surface area (Å²) in [5.74, 6) is 0. The van der Waals surface area contributed by atoms with Crippen molar-refractivity contribution in [2.45, 2.75) is 4.43 Å². The second kappa shape index (κ2) is 3.07. The molecular formula is C7H6I. The van der Waals surface area contributed by atoms with Gasteiger partial charge in [0.05, 0.1) is 0 Å². The van der Waals surface area contributed by atoms with Crippen molar-refractivity contribution >= 4 is 22.6 Å². The SMILES string of the molecule is ICc1cc[c]cc1. The van der Waals surface area contributed by atoms with Gasteiger partial charge in [-0.2, -0.15) is 0 Å². The molecule has 0 unspecified atom stereocenters. The van der Waals surface area contributed by atoms with Gasteiger partial charge < -0.3 is 0 Å². The summed E-state index contributed by atoms with van der Waals surface area (Å²) in [6, 6.07) is 11.0. The maximum absolute atomic E-state index is 2.96. The summed E-state index contributed by atoms with van der Waals surface area (Å²) >= 11 is 2.34. The highest BCUT2D eigenvalue weighted by molar-refractivity contribution is 14.1. The monoisotopic (exact) mass is 217 g/mol. The Hall–Kier alpha value is -0.0500. The summed E-state index contributed by atoms with van der Waals surface area (Å²) in [7, 11) is 0. The second-order valence-corrected chi connectivity index (χ2v) is 2.30. The molecule has 1 radical (unpaired) electrons. The molecular weight excluding hydrogens is 211 g/mol. The summed E-state index contributed by atoms with van der Waals surface area (Å²) in [5, 5.41) is 0. The molecule has 0 amide bonds. The van der Waals surface area contributed by atoms with Crippen LogP contribution in [0, 0.1) is 6.07 Å². The van der Waals surface area contributed by atoms with Crippen LogP contribution in [-0.2, 0) is 4.43 Å². The molecule has 0 aliphatic rings. The molecule has 0 aromatic heterocycles. The molecule has 0 aliphatic heterocycles. The van der Waals surface area contributed by atoms with Gasteiger partial charge in [-0.3, -0.25) is 0 Å². The molecule has 0 spiro atoms. The zero-order chi connectivity index (χ0) is 5.82. The Balaban J connectivity index is 2.83. The van der Waals surface area contributed by atoms with Crippen LogP contribution in [0.1, 0.15) is 5.56 Å². The van der Waals surface area contributed by atoms with Crippen molar-refractivity contribution in [3.05, 3.63) is 35.9 Å². The van der Waals surface area contributed by atoms with Crippen molar-refractivity contribution in [3.8, 4) is 0 Å². The first kappa shape index (κ1) is 6.08. The van der Waals surface area contributed by atoms with Gasteiger partial charge in [-0.1, -0.05) is 46.9 Å². The third-order valence-electron chi connectivity index (χ3n) is 0.942. The lowest BCUT2D eigenvalue weighted by molar-refractivity contribution is 1.45. The maximum Gasteiger partial charge on any atom is 0.0247 e. The number of hydrogen-bond acceptors (Lipinski definition) is 0. The summed E-state index contributed by atoms with van der Waals surface area (Å²) < 4.78 is 1.09. The lowest BCUT2D eigenvalue weighted by Gasteiger charge is -1.88. The van der Waals surface area contributed by atoms with E-state index in [0.717, 1.165) is 4.43 Å². The largest absolute Gasteiger partial charge is 0.0812 e. The molecule has 0 atom stereocenters. The van der Waals surface area contributed by atoms with Crippen molar-refractivity contribution in [1.29, 1.82) is 0 Å². The van der Waals surface area contributed by atoms with Crippen molar-refractivity contribution in [1.82, 2.24) is 0 Å². The normalized spacial score (nSPS) is 9.12. The zero-order valence-corrected chi connectivity index (χ0v) is 6.55. The Morgan fingerprint density at radius 1 is 1.38 bits per heavy atom. The third kappa shape index (κ3) is 1.47. The molecule has 0 fully saturated rings.